The second-order valence-electron chi connectivity index (χ2n) is 11.5. The first-order valence-corrected chi connectivity index (χ1v) is 18.7. The zero-order chi connectivity index (χ0) is 31.9. The van der Waals surface area contributed by atoms with E-state index in [1.807, 2.05) is 0 Å². The maximum Gasteiger partial charge on any atom is 0.472 e. The van der Waals surface area contributed by atoms with Crippen LogP contribution in [-0.4, -0.2) is 54.3 Å². The first-order chi connectivity index (χ1) is 20.8. The van der Waals surface area contributed by atoms with Crippen LogP contribution in [0.3, 0.4) is 0 Å². The second kappa shape index (κ2) is 30.8. The number of esters is 1. The molecule has 0 aromatic carbocycles. The fourth-order valence-electron chi connectivity index (χ4n) is 4.55. The smallest absolute Gasteiger partial charge is 0.463 e. The Kier molecular flexibility index (Phi) is 29.9. The number of phosphoric ester groups is 1. The summed E-state index contributed by atoms with van der Waals surface area (Å²) in [5, 5.41) is 12.6. The SMILES string of the molecule is CCCCCCC/C=C\CCCCCCCC(=O)NCCOP(=O)(O)OCC(O)COC(=O)CCCCCCCCCC. The van der Waals surface area contributed by atoms with Crippen LogP contribution in [0.25, 0.3) is 0 Å². The molecule has 43 heavy (non-hydrogen) atoms. The number of carbonyl (C=O) groups is 2. The van der Waals surface area contributed by atoms with Crippen molar-refractivity contribution in [3.63, 3.8) is 0 Å². The second-order valence-corrected chi connectivity index (χ2v) is 12.9. The van der Waals surface area contributed by atoms with E-state index in [9.17, 15) is 24.2 Å². The number of carbonyl (C=O) groups excluding carboxylic acids is 2. The molecule has 0 rings (SSSR count). The van der Waals surface area contributed by atoms with Crippen LogP contribution in [0.4, 0.5) is 0 Å². The summed E-state index contributed by atoms with van der Waals surface area (Å²) < 4.78 is 26.6. The highest BCUT2D eigenvalue weighted by atomic mass is 31.2. The van der Waals surface area contributed by atoms with E-state index in [4.69, 9.17) is 13.8 Å². The van der Waals surface area contributed by atoms with Crippen molar-refractivity contribution < 1.29 is 37.9 Å². The molecule has 0 bridgehead atoms. The summed E-state index contributed by atoms with van der Waals surface area (Å²) in [5.41, 5.74) is 0. The lowest BCUT2D eigenvalue weighted by atomic mass is 10.1. The Balaban J connectivity index is 3.64. The van der Waals surface area contributed by atoms with E-state index in [2.05, 4.69) is 31.3 Å². The molecule has 254 valence electrons. The minimum absolute atomic E-state index is 0.0799. The van der Waals surface area contributed by atoms with Gasteiger partial charge >= 0.3 is 13.8 Å². The molecule has 0 heterocycles. The molecule has 0 aliphatic carbocycles. The Morgan fingerprint density at radius 1 is 0.698 bits per heavy atom. The number of ether oxygens (including phenoxy) is 1. The molecule has 0 spiro atoms. The van der Waals surface area contributed by atoms with E-state index < -0.39 is 26.5 Å². The van der Waals surface area contributed by atoms with Gasteiger partial charge in [-0.1, -0.05) is 116 Å². The van der Waals surface area contributed by atoms with E-state index in [-0.39, 0.29) is 32.1 Å². The Labute approximate surface area is 262 Å². The molecule has 0 aliphatic heterocycles. The lowest BCUT2D eigenvalue weighted by Crippen LogP contribution is -2.27. The number of aliphatic hydroxyl groups excluding tert-OH is 1. The molecule has 0 aromatic rings. The fourth-order valence-corrected chi connectivity index (χ4v) is 5.31. The Morgan fingerprint density at radius 2 is 1.19 bits per heavy atom. The van der Waals surface area contributed by atoms with Crippen molar-refractivity contribution in [3.8, 4) is 0 Å². The van der Waals surface area contributed by atoms with Crippen molar-refractivity contribution in [2.45, 2.75) is 161 Å². The molecule has 2 atom stereocenters. The van der Waals surface area contributed by atoms with Gasteiger partial charge < -0.3 is 20.1 Å². The monoisotopic (exact) mass is 633 g/mol. The molecule has 0 aliphatic rings. The molecule has 9 nitrogen and oxygen atoms in total. The van der Waals surface area contributed by atoms with Gasteiger partial charge in [-0.05, 0) is 38.5 Å². The van der Waals surface area contributed by atoms with E-state index in [0.29, 0.717) is 6.42 Å². The summed E-state index contributed by atoms with van der Waals surface area (Å²) >= 11 is 0. The Bertz CT molecular complexity index is 734. The molecule has 0 aromatic heterocycles. The topological polar surface area (TPSA) is 131 Å². The number of rotatable bonds is 32. The molecule has 3 N–H and O–H groups in total. The lowest BCUT2D eigenvalue weighted by Gasteiger charge is -2.15. The largest absolute Gasteiger partial charge is 0.472 e. The van der Waals surface area contributed by atoms with Crippen molar-refractivity contribution in [2.75, 3.05) is 26.4 Å². The third-order valence-electron chi connectivity index (χ3n) is 7.20. The van der Waals surface area contributed by atoms with Crippen LogP contribution in [0.2, 0.25) is 0 Å². The number of phosphoric acid groups is 1. The van der Waals surface area contributed by atoms with Gasteiger partial charge in [0.2, 0.25) is 5.91 Å². The average Bonchev–Trinajstić information content (AvgIpc) is 2.98. The summed E-state index contributed by atoms with van der Waals surface area (Å²) in [6.07, 6.45) is 27.2. The summed E-state index contributed by atoms with van der Waals surface area (Å²) in [6, 6.07) is 0. The highest BCUT2D eigenvalue weighted by Crippen LogP contribution is 2.42. The van der Waals surface area contributed by atoms with Crippen LogP contribution in [0.5, 0.6) is 0 Å². The van der Waals surface area contributed by atoms with Gasteiger partial charge in [0.05, 0.1) is 13.2 Å². The van der Waals surface area contributed by atoms with Gasteiger partial charge in [-0.15, -0.1) is 0 Å². The minimum Gasteiger partial charge on any atom is -0.463 e. The first-order valence-electron chi connectivity index (χ1n) is 17.2. The van der Waals surface area contributed by atoms with Gasteiger partial charge in [-0.3, -0.25) is 18.6 Å². The number of hydrogen-bond acceptors (Lipinski definition) is 7. The van der Waals surface area contributed by atoms with Crippen LogP contribution in [0.1, 0.15) is 155 Å². The van der Waals surface area contributed by atoms with Crippen molar-refractivity contribution in [3.05, 3.63) is 12.2 Å². The molecule has 0 saturated heterocycles. The Hall–Kier alpha value is -1.25. The summed E-state index contributed by atoms with van der Waals surface area (Å²) in [7, 11) is -4.40. The van der Waals surface area contributed by atoms with Gasteiger partial charge in [0, 0.05) is 19.4 Å². The highest BCUT2D eigenvalue weighted by Gasteiger charge is 2.23. The third-order valence-corrected chi connectivity index (χ3v) is 8.18. The Morgan fingerprint density at radius 3 is 1.74 bits per heavy atom. The van der Waals surface area contributed by atoms with Crippen LogP contribution in [-0.2, 0) is 27.9 Å². The molecule has 0 saturated carbocycles. The number of aliphatic hydroxyl groups is 1. The van der Waals surface area contributed by atoms with Gasteiger partial charge in [0.1, 0.15) is 12.7 Å². The minimum atomic E-state index is -4.40. The van der Waals surface area contributed by atoms with Crippen molar-refractivity contribution in [1.82, 2.24) is 5.32 Å². The molecule has 1 amide bonds. The molecule has 0 fully saturated rings. The molecule has 10 heteroatoms. The van der Waals surface area contributed by atoms with E-state index in [1.165, 1.54) is 83.5 Å². The predicted octanol–water partition coefficient (Wildman–Crippen LogP) is 8.32. The zero-order valence-corrected chi connectivity index (χ0v) is 28.3. The van der Waals surface area contributed by atoms with E-state index in [1.54, 1.807) is 0 Å². The van der Waals surface area contributed by atoms with Crippen molar-refractivity contribution in [2.24, 2.45) is 0 Å². The van der Waals surface area contributed by atoms with Crippen LogP contribution in [0, 0.1) is 0 Å². The molecular formula is C33H64NO8P. The standard InChI is InChI=1S/C33H64NO8P/c1-3-5-7-9-11-13-14-15-16-17-18-19-21-23-25-32(36)34-27-28-41-43(38,39)42-30-31(35)29-40-33(37)26-24-22-20-12-10-8-6-4-2/h14-15,31,35H,3-13,16-30H2,1-2H3,(H,34,36)(H,38,39)/b15-14-. The lowest BCUT2D eigenvalue weighted by molar-refractivity contribution is -0.147. The maximum absolute atomic E-state index is 12.0. The maximum atomic E-state index is 12.0. The zero-order valence-electron chi connectivity index (χ0n) is 27.4. The van der Waals surface area contributed by atoms with Crippen molar-refractivity contribution in [1.29, 1.82) is 0 Å². The van der Waals surface area contributed by atoms with Gasteiger partial charge in [-0.25, -0.2) is 4.57 Å². The number of amides is 1. The number of nitrogens with one attached hydrogen (secondary N) is 1. The van der Waals surface area contributed by atoms with Gasteiger partial charge in [0.25, 0.3) is 0 Å². The number of allylic oxidation sites excluding steroid dienone is 2. The van der Waals surface area contributed by atoms with Crippen LogP contribution in [0.15, 0.2) is 12.2 Å². The van der Waals surface area contributed by atoms with Gasteiger partial charge in [-0.2, -0.15) is 0 Å². The quantitative estimate of drug-likeness (QED) is 0.0292. The summed E-state index contributed by atoms with van der Waals surface area (Å²) in [6.45, 7) is 3.48. The summed E-state index contributed by atoms with van der Waals surface area (Å²) in [5.74, 6) is -0.529. The average molecular weight is 634 g/mol. The van der Waals surface area contributed by atoms with Gasteiger partial charge in [0.15, 0.2) is 0 Å². The van der Waals surface area contributed by atoms with Crippen molar-refractivity contribution >= 4 is 19.7 Å². The van der Waals surface area contributed by atoms with E-state index >= 15 is 0 Å². The van der Waals surface area contributed by atoms with E-state index in [0.717, 1.165) is 44.9 Å². The highest BCUT2D eigenvalue weighted by molar-refractivity contribution is 7.47. The molecule has 0 radical (unpaired) electrons. The molecule has 2 unspecified atom stereocenters. The van der Waals surface area contributed by atoms with Crippen LogP contribution >= 0.6 is 7.82 Å². The normalized spacial score (nSPS) is 13.7. The fraction of sp³-hybridized carbons (Fsp3) is 0.879. The number of unbranched alkanes of at least 4 members (excludes halogenated alkanes) is 17. The summed E-state index contributed by atoms with van der Waals surface area (Å²) in [4.78, 5) is 33.5. The number of hydrogen-bond donors (Lipinski definition) is 3. The molecular weight excluding hydrogens is 569 g/mol. The third kappa shape index (κ3) is 32.0. The first kappa shape index (κ1) is 41.8. The van der Waals surface area contributed by atoms with Crippen LogP contribution < -0.4 is 5.32 Å². The predicted molar refractivity (Wildman–Crippen MR) is 174 cm³/mol.